The third-order valence-corrected chi connectivity index (χ3v) is 6.18. The Labute approximate surface area is 134 Å². The molecule has 1 atom stereocenters. The van der Waals surface area contributed by atoms with E-state index in [0.29, 0.717) is 11.9 Å². The van der Waals surface area contributed by atoms with Gasteiger partial charge in [-0.3, -0.25) is 0 Å². The van der Waals surface area contributed by atoms with Gasteiger partial charge in [0.2, 0.25) is 0 Å². The molecule has 2 aromatic rings. The van der Waals surface area contributed by atoms with Crippen molar-refractivity contribution < 1.29 is 24.5 Å². The zero-order chi connectivity index (χ0) is 13.7. The quantitative estimate of drug-likeness (QED) is 0.443. The second-order valence-corrected chi connectivity index (χ2v) is 8.53. The minimum absolute atomic E-state index is 0.428. The van der Waals surface area contributed by atoms with E-state index in [1.165, 1.54) is 9.13 Å². The van der Waals surface area contributed by atoms with Crippen LogP contribution in [0.5, 0.6) is 0 Å². The molecule has 0 aliphatic rings. The van der Waals surface area contributed by atoms with Crippen molar-refractivity contribution in [2.45, 2.75) is 6.42 Å². The molecule has 0 bridgehead atoms. The monoisotopic (exact) mass is 435 g/mol. The topological polar surface area (TPSA) is 29.5 Å². The van der Waals surface area contributed by atoms with Gasteiger partial charge in [-0.05, 0) is 0 Å². The third-order valence-electron chi connectivity index (χ3n) is 2.64. The third kappa shape index (κ3) is 4.52. The molecule has 0 radical (unpaired) electrons. The molecule has 19 heavy (non-hydrogen) atoms. The van der Waals surface area contributed by atoms with Gasteiger partial charge < -0.3 is 0 Å². The van der Waals surface area contributed by atoms with E-state index in [4.69, 9.17) is 19.6 Å². The van der Waals surface area contributed by atoms with E-state index >= 15 is 0 Å². The number of halogens is 1. The van der Waals surface area contributed by atoms with Gasteiger partial charge in [-0.2, -0.15) is 0 Å². The second kappa shape index (κ2) is 7.16. The van der Waals surface area contributed by atoms with Gasteiger partial charge in [0.1, 0.15) is 0 Å². The van der Waals surface area contributed by atoms with E-state index in [9.17, 15) is 4.89 Å². The van der Waals surface area contributed by atoms with Crippen molar-refractivity contribution in [2.75, 3.05) is 6.61 Å². The molecule has 1 N–H and O–H groups in total. The second-order valence-electron chi connectivity index (χ2n) is 3.97. The Bertz CT molecular complexity index is 589. The normalized spacial score (nSPS) is 14.1. The summed E-state index contributed by atoms with van der Waals surface area (Å²) in [5.41, 5.74) is 1.21. The Kier molecular flexibility index (Phi) is 5.82. The molecule has 0 heterocycles. The number of benzene rings is 2. The molecule has 0 aromatic heterocycles. The average Bonchev–Trinajstić information content (AvgIpc) is 2.42. The molecule has 0 aliphatic heterocycles. The van der Waals surface area contributed by atoms with Crippen LogP contribution in [0, 0.1) is 3.57 Å². The van der Waals surface area contributed by atoms with Gasteiger partial charge >= 0.3 is 135 Å². The molecule has 0 saturated carbocycles. The van der Waals surface area contributed by atoms with Crippen molar-refractivity contribution in [1.82, 2.24) is 0 Å². The van der Waals surface area contributed by atoms with E-state index in [-0.39, 0.29) is 0 Å². The van der Waals surface area contributed by atoms with Crippen LogP contribution in [0.2, 0.25) is 0 Å². The molecule has 5 heteroatoms. The summed E-state index contributed by atoms with van der Waals surface area (Å²) < 4.78 is 6.75. The van der Waals surface area contributed by atoms with Crippen LogP contribution in [-0.4, -0.2) is 11.5 Å². The molecule has 2 rings (SSSR count). The summed E-state index contributed by atoms with van der Waals surface area (Å²) in [6, 6.07) is 17.3. The predicted molar refractivity (Wildman–Crippen MR) is 84.0 cm³/mol. The summed E-state index contributed by atoms with van der Waals surface area (Å²) >= 11 is 7.67. The summed E-state index contributed by atoms with van der Waals surface area (Å²) in [6.07, 6.45) is 0.752. The van der Waals surface area contributed by atoms with Gasteiger partial charge in [0.25, 0.3) is 0 Å². The van der Waals surface area contributed by atoms with Crippen molar-refractivity contribution in [2.24, 2.45) is 0 Å². The molecule has 0 spiro atoms. The molecule has 0 fully saturated rings. The number of hydrogen-bond donors (Lipinski definition) is 1. The van der Waals surface area contributed by atoms with E-state index in [1.807, 2.05) is 42.5 Å². The van der Waals surface area contributed by atoms with Gasteiger partial charge in [0, 0.05) is 0 Å². The van der Waals surface area contributed by atoms with Gasteiger partial charge in [0.05, 0.1) is 0 Å². The Hall–Kier alpha value is 0.0395. The summed E-state index contributed by atoms with van der Waals surface area (Å²) in [6.45, 7) is 0.428. The van der Waals surface area contributed by atoms with Crippen molar-refractivity contribution in [1.29, 1.82) is 0 Å². The minimum atomic E-state index is -2.89. The summed E-state index contributed by atoms with van der Waals surface area (Å²) in [4.78, 5) is 10.2. The van der Waals surface area contributed by atoms with Crippen molar-refractivity contribution in [3.63, 3.8) is 0 Å². The Balaban J connectivity index is 1.96. The predicted octanol–water partition coefficient (Wildman–Crippen LogP) is 3.48. The molecular formula is C14H14CuIO2P. The standard InChI is InChI=1S/C14H14IO2P.Cu/c15-14-9-5-4-6-12(14)10-11-17-18(16)13-7-2-1-3-8-13;/h1-9,16H,10-11H2;/t18-;/m1./s1. The van der Waals surface area contributed by atoms with Crippen molar-refractivity contribution in [3.05, 3.63) is 63.7 Å². The first-order chi connectivity index (χ1) is 9.09. The SMILES string of the molecule is O[P@](=[Cu])(OCCc1ccccc1I)c1ccccc1. The molecule has 2 aromatic carbocycles. The average molecular weight is 436 g/mol. The zero-order valence-corrected chi connectivity index (χ0v) is 14.1. The molecule has 105 valence electrons. The number of hydrogen-bond acceptors (Lipinski definition) is 2. The van der Waals surface area contributed by atoms with E-state index in [0.717, 1.165) is 6.42 Å². The van der Waals surface area contributed by atoms with Crippen molar-refractivity contribution in [3.8, 4) is 0 Å². The first-order valence-corrected chi connectivity index (χ1v) is 9.63. The van der Waals surface area contributed by atoms with Crippen LogP contribution < -0.4 is 5.30 Å². The molecule has 0 amide bonds. The Morgan fingerprint density at radius 2 is 1.68 bits per heavy atom. The van der Waals surface area contributed by atoms with E-state index < -0.39 is 5.96 Å². The van der Waals surface area contributed by atoms with Crippen LogP contribution in [0.1, 0.15) is 5.56 Å². The summed E-state index contributed by atoms with van der Waals surface area (Å²) in [7, 11) is 0. The van der Waals surface area contributed by atoms with Crippen LogP contribution in [-0.2, 0) is 26.0 Å². The molecular weight excluding hydrogens is 422 g/mol. The summed E-state index contributed by atoms with van der Waals surface area (Å²) in [5.74, 6) is -2.89. The first-order valence-electron chi connectivity index (χ1n) is 5.81. The fourth-order valence-electron chi connectivity index (χ4n) is 1.65. The maximum absolute atomic E-state index is 10.2. The Morgan fingerprint density at radius 1 is 1.05 bits per heavy atom. The van der Waals surface area contributed by atoms with Gasteiger partial charge in [-0.1, -0.05) is 0 Å². The van der Waals surface area contributed by atoms with Crippen LogP contribution in [0.3, 0.4) is 0 Å². The van der Waals surface area contributed by atoms with E-state index in [2.05, 4.69) is 34.7 Å². The van der Waals surface area contributed by atoms with Crippen LogP contribution in [0.25, 0.3) is 0 Å². The number of rotatable bonds is 5. The molecule has 0 saturated heterocycles. The fourth-order valence-corrected chi connectivity index (χ4v) is 3.97. The van der Waals surface area contributed by atoms with Crippen LogP contribution in [0.4, 0.5) is 0 Å². The molecule has 2 nitrogen and oxygen atoms in total. The van der Waals surface area contributed by atoms with E-state index in [1.54, 1.807) is 0 Å². The van der Waals surface area contributed by atoms with Crippen LogP contribution in [0.15, 0.2) is 54.6 Å². The van der Waals surface area contributed by atoms with Gasteiger partial charge in [0.15, 0.2) is 0 Å². The first kappa shape index (κ1) is 15.4. The maximum atomic E-state index is 10.2. The zero-order valence-electron chi connectivity index (χ0n) is 10.1. The van der Waals surface area contributed by atoms with Gasteiger partial charge in [-0.15, -0.1) is 0 Å². The van der Waals surface area contributed by atoms with Crippen LogP contribution >= 0.6 is 28.6 Å². The van der Waals surface area contributed by atoms with Gasteiger partial charge in [-0.25, -0.2) is 0 Å². The Morgan fingerprint density at radius 3 is 2.37 bits per heavy atom. The van der Waals surface area contributed by atoms with Crippen molar-refractivity contribution >= 4 is 33.9 Å². The summed E-state index contributed by atoms with van der Waals surface area (Å²) in [5, 5.41) is 0.692. The molecule has 0 unspecified atom stereocenters. The molecule has 0 aliphatic carbocycles. The fraction of sp³-hybridized carbons (Fsp3) is 0.143.